The van der Waals surface area contributed by atoms with Gasteiger partial charge in [-0.25, -0.2) is 14.6 Å². The fourth-order valence-electron chi connectivity index (χ4n) is 3.78. The van der Waals surface area contributed by atoms with Crippen molar-refractivity contribution in [2.24, 2.45) is 0 Å². The van der Waals surface area contributed by atoms with Crippen LogP contribution in [-0.4, -0.2) is 29.6 Å². The molecule has 1 unspecified atom stereocenters. The van der Waals surface area contributed by atoms with E-state index in [4.69, 9.17) is 32.7 Å². The van der Waals surface area contributed by atoms with E-state index in [1.54, 1.807) is 39.8 Å². The highest BCUT2D eigenvalue weighted by atomic mass is 35.5. The molecule has 1 N–H and O–H groups in total. The van der Waals surface area contributed by atoms with E-state index >= 15 is 0 Å². The van der Waals surface area contributed by atoms with E-state index in [1.165, 1.54) is 11.3 Å². The lowest BCUT2D eigenvalue weighted by Gasteiger charge is -2.31. The van der Waals surface area contributed by atoms with E-state index in [2.05, 4.69) is 10.3 Å². The molecule has 0 spiro atoms. The summed E-state index contributed by atoms with van der Waals surface area (Å²) >= 11 is 14.2. The van der Waals surface area contributed by atoms with Crippen LogP contribution in [0.3, 0.4) is 0 Å². The van der Waals surface area contributed by atoms with Crippen molar-refractivity contribution in [1.82, 2.24) is 10.3 Å². The zero-order valence-corrected chi connectivity index (χ0v) is 21.7. The molecule has 1 aromatic heterocycles. The topological polar surface area (TPSA) is 77.5 Å². The lowest BCUT2D eigenvalue weighted by Crippen LogP contribution is -2.29. The van der Waals surface area contributed by atoms with Crippen LogP contribution in [0.4, 0.5) is 0 Å². The van der Waals surface area contributed by atoms with Crippen molar-refractivity contribution in [1.29, 1.82) is 0 Å². The fraction of sp³-hybridized carbons (Fsp3) is 0.375. The highest BCUT2D eigenvalue weighted by molar-refractivity contribution is 7.14. The number of dihydropyridines is 1. The quantitative estimate of drug-likeness (QED) is 0.462. The van der Waals surface area contributed by atoms with Gasteiger partial charge in [0.15, 0.2) is 0 Å². The van der Waals surface area contributed by atoms with Crippen molar-refractivity contribution < 1.29 is 19.1 Å². The van der Waals surface area contributed by atoms with Gasteiger partial charge in [0, 0.05) is 22.9 Å². The Labute approximate surface area is 207 Å². The van der Waals surface area contributed by atoms with E-state index in [1.807, 2.05) is 19.9 Å². The predicted molar refractivity (Wildman–Crippen MR) is 132 cm³/mol. The number of carbonyl (C=O) groups is 2. The average Bonchev–Trinajstić information content (AvgIpc) is 3.10. The lowest BCUT2D eigenvalue weighted by atomic mass is 9.80. The van der Waals surface area contributed by atoms with Crippen LogP contribution in [0.1, 0.15) is 66.5 Å². The second-order valence-electron chi connectivity index (χ2n) is 7.89. The first-order chi connectivity index (χ1) is 15.6. The minimum atomic E-state index is -0.593. The van der Waals surface area contributed by atoms with Crippen molar-refractivity contribution >= 4 is 52.1 Å². The molecular weight excluding hydrogens is 483 g/mol. The van der Waals surface area contributed by atoms with Crippen LogP contribution in [-0.2, 0) is 14.3 Å². The van der Waals surface area contributed by atoms with Crippen LogP contribution in [0.5, 0.6) is 0 Å². The van der Waals surface area contributed by atoms with Crippen molar-refractivity contribution in [3.05, 3.63) is 66.4 Å². The van der Waals surface area contributed by atoms with Gasteiger partial charge >= 0.3 is 11.9 Å². The third-order valence-corrected chi connectivity index (χ3v) is 7.11. The largest absolute Gasteiger partial charge is 0.462 e. The summed E-state index contributed by atoms with van der Waals surface area (Å²) in [5.41, 5.74) is 3.80. The second kappa shape index (κ2) is 10.3. The standard InChI is InChI=1S/C24H26Cl2N2O4S/c1-7-31-24(30)21-14(6)28-22(33-21)17-12(4)27-13(5)18(23(29)32-11(2)3)19(17)15-9-8-10-16(25)20(15)26/h8-11,19,27H,7H2,1-6H3. The van der Waals surface area contributed by atoms with Crippen molar-refractivity contribution in [3.8, 4) is 0 Å². The molecule has 6 nitrogen and oxygen atoms in total. The summed E-state index contributed by atoms with van der Waals surface area (Å²) in [6.45, 7) is 11.1. The first-order valence-corrected chi connectivity index (χ1v) is 12.1. The van der Waals surface area contributed by atoms with Crippen molar-refractivity contribution in [2.45, 2.75) is 53.6 Å². The minimum Gasteiger partial charge on any atom is -0.462 e. The number of hydrogen-bond donors (Lipinski definition) is 1. The maximum Gasteiger partial charge on any atom is 0.350 e. The molecule has 1 aliphatic heterocycles. The number of benzene rings is 1. The maximum atomic E-state index is 13.2. The molecule has 0 fully saturated rings. The molecule has 0 saturated carbocycles. The van der Waals surface area contributed by atoms with Crippen molar-refractivity contribution in [2.75, 3.05) is 6.61 Å². The van der Waals surface area contributed by atoms with Crippen LogP contribution in [0.25, 0.3) is 5.57 Å². The molecule has 1 atom stereocenters. The van der Waals surface area contributed by atoms with Gasteiger partial charge in [-0.05, 0) is 53.2 Å². The van der Waals surface area contributed by atoms with Gasteiger partial charge in [0.25, 0.3) is 0 Å². The van der Waals surface area contributed by atoms with E-state index < -0.39 is 17.9 Å². The van der Waals surface area contributed by atoms with Crippen LogP contribution in [0.2, 0.25) is 10.0 Å². The second-order valence-corrected chi connectivity index (χ2v) is 9.67. The molecule has 0 amide bonds. The first kappa shape index (κ1) is 25.3. The smallest absolute Gasteiger partial charge is 0.350 e. The molecule has 1 aromatic carbocycles. The first-order valence-electron chi connectivity index (χ1n) is 10.5. The summed E-state index contributed by atoms with van der Waals surface area (Å²) in [5.74, 6) is -1.48. The minimum absolute atomic E-state index is 0.267. The van der Waals surface area contributed by atoms with Gasteiger partial charge in [-0.1, -0.05) is 35.3 Å². The van der Waals surface area contributed by atoms with E-state index in [9.17, 15) is 9.59 Å². The molecule has 176 valence electrons. The molecule has 0 radical (unpaired) electrons. The zero-order chi connectivity index (χ0) is 24.4. The molecular formula is C24H26Cl2N2O4S. The summed E-state index contributed by atoms with van der Waals surface area (Å²) in [4.78, 5) is 30.8. The SMILES string of the molecule is CCOC(=O)c1sc(C2=C(C)NC(C)=C(C(=O)OC(C)C)C2c2cccc(Cl)c2Cl)nc1C. The number of allylic oxidation sites excluding steroid dienone is 3. The number of thiazole rings is 1. The third-order valence-electron chi connectivity index (χ3n) is 5.10. The number of esters is 2. The number of ether oxygens (including phenoxy) is 2. The summed E-state index contributed by atoms with van der Waals surface area (Å²) in [5, 5.41) is 4.59. The zero-order valence-electron chi connectivity index (χ0n) is 19.3. The van der Waals surface area contributed by atoms with Crippen LogP contribution in [0.15, 0.2) is 35.2 Å². The Balaban J connectivity index is 2.24. The summed E-state index contributed by atoms with van der Waals surface area (Å²) < 4.78 is 10.8. The maximum absolute atomic E-state index is 13.2. The Morgan fingerprint density at radius 1 is 1.15 bits per heavy atom. The van der Waals surface area contributed by atoms with Gasteiger partial charge in [-0.3, -0.25) is 0 Å². The van der Waals surface area contributed by atoms with Gasteiger partial charge in [0.05, 0.1) is 34.0 Å². The van der Waals surface area contributed by atoms with E-state index in [0.717, 1.165) is 11.3 Å². The van der Waals surface area contributed by atoms with Gasteiger partial charge in [0.1, 0.15) is 9.88 Å². The molecule has 2 heterocycles. The summed E-state index contributed by atoms with van der Waals surface area (Å²) in [7, 11) is 0. The number of nitrogens with one attached hydrogen (secondary N) is 1. The van der Waals surface area contributed by atoms with Gasteiger partial charge < -0.3 is 14.8 Å². The Bertz CT molecular complexity index is 1170. The molecule has 0 saturated heterocycles. The Kier molecular flexibility index (Phi) is 7.88. The van der Waals surface area contributed by atoms with Crippen molar-refractivity contribution in [3.63, 3.8) is 0 Å². The molecule has 33 heavy (non-hydrogen) atoms. The molecule has 9 heteroatoms. The van der Waals surface area contributed by atoms with Gasteiger partial charge in [0.2, 0.25) is 0 Å². The van der Waals surface area contributed by atoms with Crippen LogP contribution in [0, 0.1) is 6.92 Å². The highest BCUT2D eigenvalue weighted by Gasteiger charge is 2.38. The number of aromatic nitrogens is 1. The monoisotopic (exact) mass is 508 g/mol. The lowest BCUT2D eigenvalue weighted by molar-refractivity contribution is -0.142. The third kappa shape index (κ3) is 5.10. The van der Waals surface area contributed by atoms with E-state index in [-0.39, 0.29) is 12.7 Å². The summed E-state index contributed by atoms with van der Waals surface area (Å²) in [6, 6.07) is 5.32. The Morgan fingerprint density at radius 3 is 2.48 bits per heavy atom. The van der Waals surface area contributed by atoms with E-state index in [0.29, 0.717) is 42.5 Å². The molecule has 3 rings (SSSR count). The highest BCUT2D eigenvalue weighted by Crippen LogP contribution is 2.48. The van der Waals surface area contributed by atoms with Gasteiger partial charge in [-0.2, -0.15) is 0 Å². The number of hydrogen-bond acceptors (Lipinski definition) is 7. The predicted octanol–water partition coefficient (Wildman–Crippen LogP) is 6.28. The van der Waals surface area contributed by atoms with Gasteiger partial charge in [-0.15, -0.1) is 11.3 Å². The average molecular weight is 509 g/mol. The van der Waals surface area contributed by atoms with Crippen LogP contribution < -0.4 is 5.32 Å². The Morgan fingerprint density at radius 2 is 1.85 bits per heavy atom. The number of nitrogens with zero attached hydrogens (tertiary/aromatic N) is 1. The normalized spacial score (nSPS) is 16.2. The number of rotatable bonds is 6. The molecule has 1 aliphatic rings. The Hall–Kier alpha value is -2.35. The molecule has 0 aliphatic carbocycles. The number of halogens is 2. The van der Waals surface area contributed by atoms with Crippen LogP contribution >= 0.6 is 34.5 Å². The molecule has 2 aromatic rings. The number of aryl methyl sites for hydroxylation is 1. The fourth-order valence-corrected chi connectivity index (χ4v) is 5.29. The summed E-state index contributed by atoms with van der Waals surface area (Å²) in [6.07, 6.45) is -0.304. The molecule has 0 bridgehead atoms. The number of carbonyl (C=O) groups excluding carboxylic acids is 2.